The van der Waals surface area contributed by atoms with Crippen molar-refractivity contribution in [2.24, 2.45) is 5.10 Å². The van der Waals surface area contributed by atoms with Gasteiger partial charge in [0.15, 0.2) is 0 Å². The second-order valence-corrected chi connectivity index (χ2v) is 17.7. The number of ether oxygens (including phenoxy) is 1. The fourth-order valence-corrected chi connectivity index (χ4v) is 9.41. The molecule has 0 spiro atoms. The van der Waals surface area contributed by atoms with Gasteiger partial charge in [0.1, 0.15) is 18.7 Å². The number of anilines is 5. The van der Waals surface area contributed by atoms with Crippen molar-refractivity contribution in [1.82, 2.24) is 19.9 Å². The number of benzene rings is 2. The van der Waals surface area contributed by atoms with Crippen molar-refractivity contribution in [1.29, 1.82) is 0 Å². The Kier molecular flexibility index (Phi) is 10.7. The Morgan fingerprint density at radius 1 is 1.02 bits per heavy atom. The number of hydrogen-bond acceptors (Lipinski definition) is 10. The third kappa shape index (κ3) is 7.53. The zero-order valence-electron chi connectivity index (χ0n) is 29.2. The van der Waals surface area contributed by atoms with E-state index in [0.29, 0.717) is 22.3 Å². The Balaban J connectivity index is 1.30. The Hall–Kier alpha value is -3.14. The number of likely N-dealkylation sites (tertiary alicyclic amines) is 1. The number of aryl methyl sites for hydroxylation is 1. The molecule has 3 aromatic rings. The highest BCUT2D eigenvalue weighted by atomic mass is 79.9. The molecule has 0 saturated carbocycles. The van der Waals surface area contributed by atoms with Crippen molar-refractivity contribution >= 4 is 63.4 Å². The van der Waals surface area contributed by atoms with Crippen LogP contribution in [0, 0.1) is 13.8 Å². The van der Waals surface area contributed by atoms with Gasteiger partial charge in [0, 0.05) is 67.6 Å². The minimum absolute atomic E-state index is 0.163. The van der Waals surface area contributed by atoms with Gasteiger partial charge in [0.25, 0.3) is 0 Å². The normalized spacial score (nSPS) is 19.2. The maximum atomic E-state index is 13.3. The lowest BCUT2D eigenvalue weighted by Crippen LogP contribution is -2.47. The molecule has 6 rings (SSSR count). The molecule has 0 amide bonds. The molecule has 1 atom stereocenters. The molecule has 3 aliphatic rings. The Morgan fingerprint density at radius 2 is 1.77 bits per heavy atom. The number of hydrazone groups is 1. The average Bonchev–Trinajstić information content (AvgIpc) is 3.57. The molecule has 3 aliphatic heterocycles. The third-order valence-electron chi connectivity index (χ3n) is 10.1. The number of piperidine rings is 2. The van der Waals surface area contributed by atoms with E-state index in [0.717, 1.165) is 59.7 Å². The van der Waals surface area contributed by atoms with Gasteiger partial charge in [0.2, 0.25) is 5.95 Å². The molecule has 1 aromatic heterocycles. The lowest BCUT2D eigenvalue weighted by molar-refractivity contribution is 0.141. The van der Waals surface area contributed by atoms with E-state index in [4.69, 9.17) is 14.8 Å². The van der Waals surface area contributed by atoms with Crippen LogP contribution in [0.2, 0.25) is 0 Å². The van der Waals surface area contributed by atoms with Crippen LogP contribution in [0.4, 0.5) is 28.8 Å². The first kappa shape index (κ1) is 34.7. The number of methoxy groups -OCH3 is 1. The van der Waals surface area contributed by atoms with E-state index in [1.54, 1.807) is 26.6 Å². The summed E-state index contributed by atoms with van der Waals surface area (Å²) < 4.78 is 20.1. The summed E-state index contributed by atoms with van der Waals surface area (Å²) in [5, 5.41) is 14.6. The smallest absolute Gasteiger partial charge is 0.229 e. The standard InChI is InChI=1S/C36H50BrN8O2P/c1-7-45-23-26(21-39-45)28-19-31(33(47-4)20-32(28)44-17-13-27(14-18-44)43-15-9-8-10-16-43)41-36-38-22-29(37)35(42-36)40-30-12-11-24(2)25(3)34(30)48(5,6)46/h11-12,19-22,26-27H,7-10,13-18,23H2,1-6H3,(H2,38,40,41,42). The molecule has 0 bridgehead atoms. The molecule has 1 unspecified atom stereocenters. The Morgan fingerprint density at radius 3 is 2.44 bits per heavy atom. The van der Waals surface area contributed by atoms with Gasteiger partial charge in [-0.2, -0.15) is 10.1 Å². The maximum absolute atomic E-state index is 13.3. The molecular formula is C36H50BrN8O2P. The largest absolute Gasteiger partial charge is 0.494 e. The molecule has 2 aromatic carbocycles. The van der Waals surface area contributed by atoms with Gasteiger partial charge in [-0.15, -0.1) is 0 Å². The molecule has 0 aliphatic carbocycles. The first-order valence-corrected chi connectivity index (χ1v) is 20.7. The monoisotopic (exact) mass is 736 g/mol. The molecular weight excluding hydrogens is 687 g/mol. The lowest BCUT2D eigenvalue weighted by atomic mass is 9.94. The molecule has 10 nitrogen and oxygen atoms in total. The Labute approximate surface area is 294 Å². The van der Waals surface area contributed by atoms with Gasteiger partial charge >= 0.3 is 0 Å². The van der Waals surface area contributed by atoms with Crippen LogP contribution in [0.15, 0.2) is 40.0 Å². The van der Waals surface area contributed by atoms with Crippen LogP contribution in [0.3, 0.4) is 0 Å². The molecule has 4 heterocycles. The van der Waals surface area contributed by atoms with Gasteiger partial charge < -0.3 is 29.7 Å². The van der Waals surface area contributed by atoms with Crippen molar-refractivity contribution in [3.63, 3.8) is 0 Å². The zero-order chi connectivity index (χ0) is 34.0. The van der Waals surface area contributed by atoms with Crippen LogP contribution >= 0.6 is 23.1 Å². The topological polar surface area (TPSA) is 98.2 Å². The van der Waals surface area contributed by atoms with Gasteiger partial charge in [-0.25, -0.2) is 4.98 Å². The summed E-state index contributed by atoms with van der Waals surface area (Å²) in [6.45, 7) is 16.1. The highest BCUT2D eigenvalue weighted by molar-refractivity contribution is 9.10. The molecule has 48 heavy (non-hydrogen) atoms. The second-order valence-electron chi connectivity index (χ2n) is 13.7. The average molecular weight is 738 g/mol. The van der Waals surface area contributed by atoms with Crippen molar-refractivity contribution in [2.45, 2.75) is 64.8 Å². The minimum atomic E-state index is -2.57. The van der Waals surface area contributed by atoms with E-state index >= 15 is 0 Å². The lowest BCUT2D eigenvalue weighted by Gasteiger charge is -2.41. The van der Waals surface area contributed by atoms with E-state index in [1.807, 2.05) is 26.0 Å². The van der Waals surface area contributed by atoms with Crippen molar-refractivity contribution < 1.29 is 9.30 Å². The zero-order valence-corrected chi connectivity index (χ0v) is 31.7. The number of halogens is 1. The van der Waals surface area contributed by atoms with Crippen molar-refractivity contribution in [3.05, 3.63) is 51.6 Å². The Bertz CT molecular complexity index is 1700. The SMILES string of the molecule is CCN1CC(c2cc(Nc3ncc(Br)c(Nc4ccc(C)c(C)c4P(C)(C)=O)n3)c(OC)cc2N2CCC(N3CCCCC3)CC2)C=N1. The minimum Gasteiger partial charge on any atom is -0.494 e. The highest BCUT2D eigenvalue weighted by Crippen LogP contribution is 2.42. The van der Waals surface area contributed by atoms with E-state index in [-0.39, 0.29) is 5.92 Å². The van der Waals surface area contributed by atoms with E-state index < -0.39 is 7.14 Å². The van der Waals surface area contributed by atoms with Crippen LogP contribution in [0.5, 0.6) is 5.75 Å². The maximum Gasteiger partial charge on any atom is 0.229 e. The van der Waals surface area contributed by atoms with E-state index in [2.05, 4.69) is 71.6 Å². The number of likely N-dealkylation sites (N-methyl/N-ethyl adjacent to an activating group) is 1. The molecule has 2 saturated heterocycles. The predicted octanol–water partition coefficient (Wildman–Crippen LogP) is 7.46. The summed E-state index contributed by atoms with van der Waals surface area (Å²) in [4.78, 5) is 14.7. The van der Waals surface area contributed by atoms with Crippen LogP contribution in [0.1, 0.15) is 61.6 Å². The molecule has 0 radical (unpaired) electrons. The number of rotatable bonds is 10. The quantitative estimate of drug-likeness (QED) is 0.206. The fraction of sp³-hybridized carbons (Fsp3) is 0.528. The van der Waals surface area contributed by atoms with Gasteiger partial charge in [-0.1, -0.05) is 12.5 Å². The summed E-state index contributed by atoms with van der Waals surface area (Å²) in [6, 6.07) is 9.08. The fourth-order valence-electron chi connectivity index (χ4n) is 7.42. The first-order valence-electron chi connectivity index (χ1n) is 17.3. The summed E-state index contributed by atoms with van der Waals surface area (Å²) in [6.07, 6.45) is 10.2. The van der Waals surface area contributed by atoms with Crippen molar-refractivity contribution in [2.75, 3.05) is 75.2 Å². The number of nitrogens with zero attached hydrogens (tertiary/aromatic N) is 6. The summed E-state index contributed by atoms with van der Waals surface area (Å²) >= 11 is 3.62. The highest BCUT2D eigenvalue weighted by Gasteiger charge is 2.30. The van der Waals surface area contributed by atoms with Crippen LogP contribution in [-0.2, 0) is 4.57 Å². The van der Waals surface area contributed by atoms with Gasteiger partial charge in [-0.3, -0.25) is 5.01 Å². The summed E-state index contributed by atoms with van der Waals surface area (Å²) in [5.41, 5.74) is 6.17. The molecule has 2 N–H and O–H groups in total. The molecule has 2 fully saturated rings. The summed E-state index contributed by atoms with van der Waals surface area (Å²) in [7, 11) is -0.859. The molecule has 12 heteroatoms. The van der Waals surface area contributed by atoms with Crippen LogP contribution in [-0.4, -0.2) is 91.8 Å². The van der Waals surface area contributed by atoms with Gasteiger partial charge in [-0.05, 0) is 118 Å². The summed E-state index contributed by atoms with van der Waals surface area (Å²) in [5.74, 6) is 1.91. The van der Waals surface area contributed by atoms with Crippen LogP contribution < -0.4 is 25.6 Å². The van der Waals surface area contributed by atoms with E-state index in [1.165, 1.54) is 56.4 Å². The first-order chi connectivity index (χ1) is 23.0. The molecule has 258 valence electrons. The predicted molar refractivity (Wildman–Crippen MR) is 203 cm³/mol. The van der Waals surface area contributed by atoms with Gasteiger partial charge in [0.05, 0.1) is 23.0 Å². The number of nitrogens with one attached hydrogen (secondary N) is 2. The van der Waals surface area contributed by atoms with Crippen LogP contribution in [0.25, 0.3) is 0 Å². The van der Waals surface area contributed by atoms with E-state index in [9.17, 15) is 4.57 Å². The third-order valence-corrected chi connectivity index (χ3v) is 12.4. The number of aromatic nitrogens is 2. The van der Waals surface area contributed by atoms with Crippen molar-refractivity contribution in [3.8, 4) is 5.75 Å². The second kappa shape index (κ2) is 14.8. The number of hydrogen-bond donors (Lipinski definition) is 2.